The first-order valence-electron chi connectivity index (χ1n) is 7.36. The number of nitrogens with one attached hydrogen (secondary N) is 1. The van der Waals surface area contributed by atoms with Gasteiger partial charge in [-0.15, -0.1) is 0 Å². The monoisotopic (exact) mass is 354 g/mol. The van der Waals surface area contributed by atoms with Crippen molar-refractivity contribution < 1.29 is 33.1 Å². The highest BCUT2D eigenvalue weighted by Gasteiger charge is 2.48. The lowest BCUT2D eigenvalue weighted by Gasteiger charge is -2.28. The van der Waals surface area contributed by atoms with Crippen molar-refractivity contribution in [2.75, 3.05) is 6.54 Å². The first kappa shape index (κ1) is 16.9. The Morgan fingerprint density at radius 2 is 2.36 bits per heavy atom. The van der Waals surface area contributed by atoms with E-state index in [-0.39, 0.29) is 13.1 Å². The number of hydrogen-bond acceptors (Lipinski definition) is 6. The summed E-state index contributed by atoms with van der Waals surface area (Å²) in [5.74, 6) is -2.00. The van der Waals surface area contributed by atoms with Crippen molar-refractivity contribution in [1.82, 2.24) is 20.3 Å². The second kappa shape index (κ2) is 6.51. The van der Waals surface area contributed by atoms with Crippen LogP contribution in [-0.2, 0) is 21.0 Å². The molecule has 3 amide bonds. The smallest absolute Gasteiger partial charge is 0.368 e. The van der Waals surface area contributed by atoms with Crippen molar-refractivity contribution in [3.8, 4) is 0 Å². The summed E-state index contributed by atoms with van der Waals surface area (Å²) in [6.07, 6.45) is 1.71. The molecule has 1 aromatic rings. The SMILES string of the molecule is CC1=C[C@H]2CN(C(=O)N2O[C@@H](F)C(=O)O)[C@@H]1C(=O)NCc1ncco1. The normalized spacial score (nSPS) is 23.4. The number of carbonyl (C=O) groups is 3. The summed E-state index contributed by atoms with van der Waals surface area (Å²) in [7, 11) is 0. The van der Waals surface area contributed by atoms with Crippen LogP contribution >= 0.6 is 0 Å². The zero-order chi connectivity index (χ0) is 18.1. The van der Waals surface area contributed by atoms with Crippen LogP contribution in [0.5, 0.6) is 0 Å². The Morgan fingerprint density at radius 1 is 1.60 bits per heavy atom. The first-order chi connectivity index (χ1) is 11.9. The molecule has 0 unspecified atom stereocenters. The number of alkyl halides is 1. The van der Waals surface area contributed by atoms with E-state index in [1.807, 2.05) is 0 Å². The molecule has 25 heavy (non-hydrogen) atoms. The molecule has 2 aliphatic heterocycles. The second-order valence-corrected chi connectivity index (χ2v) is 5.54. The number of hydroxylamine groups is 2. The van der Waals surface area contributed by atoms with Gasteiger partial charge in [0.2, 0.25) is 11.8 Å². The fourth-order valence-corrected chi connectivity index (χ4v) is 2.81. The van der Waals surface area contributed by atoms with Gasteiger partial charge in [-0.1, -0.05) is 6.08 Å². The van der Waals surface area contributed by atoms with Gasteiger partial charge in [0.25, 0.3) is 0 Å². The van der Waals surface area contributed by atoms with Crippen LogP contribution in [0.1, 0.15) is 12.8 Å². The highest BCUT2D eigenvalue weighted by Crippen LogP contribution is 2.30. The third kappa shape index (κ3) is 3.18. The van der Waals surface area contributed by atoms with E-state index >= 15 is 0 Å². The highest BCUT2D eigenvalue weighted by molar-refractivity contribution is 5.91. The number of aliphatic carboxylic acids is 1. The molecule has 2 aliphatic rings. The van der Waals surface area contributed by atoms with Crippen LogP contribution in [0.25, 0.3) is 0 Å². The minimum Gasteiger partial charge on any atom is -0.477 e. The molecular formula is C14H15FN4O6. The number of carbonyl (C=O) groups excluding carboxylic acids is 2. The van der Waals surface area contributed by atoms with Gasteiger partial charge >= 0.3 is 18.4 Å². The Hall–Kier alpha value is -2.95. The number of carboxylic acids is 1. The lowest BCUT2D eigenvalue weighted by atomic mass is 10.00. The van der Waals surface area contributed by atoms with Crippen LogP contribution < -0.4 is 5.32 Å². The van der Waals surface area contributed by atoms with E-state index in [4.69, 9.17) is 9.52 Å². The molecule has 0 spiro atoms. The molecule has 3 atom stereocenters. The maximum Gasteiger partial charge on any atom is 0.368 e. The standard InChI is InChI=1S/C14H15FN4O6/c1-7-4-8-6-18(14(23)19(8)25-11(15)13(21)22)10(7)12(20)17-5-9-16-2-3-24-9/h2-4,8,10-11H,5-6H2,1H3,(H,17,20)(H,21,22)/t8-,10-,11+/m0/s1. The molecule has 2 N–H and O–H groups in total. The molecule has 0 saturated carbocycles. The van der Waals surface area contributed by atoms with Gasteiger partial charge in [0.05, 0.1) is 25.3 Å². The molecule has 10 nitrogen and oxygen atoms in total. The summed E-state index contributed by atoms with van der Waals surface area (Å²) < 4.78 is 18.3. The maximum absolute atomic E-state index is 13.3. The fourth-order valence-electron chi connectivity index (χ4n) is 2.81. The zero-order valence-corrected chi connectivity index (χ0v) is 13.1. The van der Waals surface area contributed by atoms with Gasteiger partial charge in [0, 0.05) is 0 Å². The third-order valence-corrected chi connectivity index (χ3v) is 3.86. The molecule has 3 rings (SSSR count). The Balaban J connectivity index is 1.70. The number of urea groups is 1. The number of hydrogen-bond donors (Lipinski definition) is 2. The second-order valence-electron chi connectivity index (χ2n) is 5.54. The van der Waals surface area contributed by atoms with Crippen molar-refractivity contribution in [2.24, 2.45) is 0 Å². The van der Waals surface area contributed by atoms with Gasteiger partial charge in [-0.3, -0.25) is 4.79 Å². The maximum atomic E-state index is 13.3. The molecule has 0 aliphatic carbocycles. The quantitative estimate of drug-likeness (QED) is 0.691. The molecule has 1 aromatic heterocycles. The molecule has 2 bridgehead atoms. The molecule has 134 valence electrons. The van der Waals surface area contributed by atoms with Crippen molar-refractivity contribution in [3.63, 3.8) is 0 Å². The van der Waals surface area contributed by atoms with Crippen molar-refractivity contribution in [1.29, 1.82) is 0 Å². The van der Waals surface area contributed by atoms with Crippen molar-refractivity contribution in [3.05, 3.63) is 30.0 Å². The molecule has 1 saturated heterocycles. The van der Waals surface area contributed by atoms with Gasteiger partial charge in [-0.05, 0) is 12.5 Å². The van der Waals surface area contributed by atoms with Crippen LogP contribution in [0.3, 0.4) is 0 Å². The molecule has 0 radical (unpaired) electrons. The van der Waals surface area contributed by atoms with Crippen molar-refractivity contribution >= 4 is 17.9 Å². The fraction of sp³-hybridized carbons (Fsp3) is 0.429. The molecule has 3 heterocycles. The predicted molar refractivity (Wildman–Crippen MR) is 77.2 cm³/mol. The molecule has 11 heteroatoms. The van der Waals surface area contributed by atoms with Crippen LogP contribution in [0, 0.1) is 0 Å². The van der Waals surface area contributed by atoms with Gasteiger partial charge in [-0.2, -0.15) is 5.06 Å². The minimum atomic E-state index is -2.67. The Labute approximate surface area is 140 Å². The number of fused-ring (bicyclic) bond motifs is 2. The first-order valence-corrected chi connectivity index (χ1v) is 7.36. The average Bonchev–Trinajstić information content (AvgIpc) is 3.16. The number of rotatable bonds is 6. The lowest BCUT2D eigenvalue weighted by molar-refractivity contribution is -0.219. The summed E-state index contributed by atoms with van der Waals surface area (Å²) in [4.78, 5) is 45.0. The number of carboxylic acid groups (broad SMARTS) is 1. The predicted octanol–water partition coefficient (Wildman–Crippen LogP) is 0.0373. The topological polar surface area (TPSA) is 125 Å². The van der Waals surface area contributed by atoms with E-state index in [1.54, 1.807) is 13.0 Å². The molecular weight excluding hydrogens is 339 g/mol. The third-order valence-electron chi connectivity index (χ3n) is 3.86. The van der Waals surface area contributed by atoms with E-state index in [9.17, 15) is 18.8 Å². The number of aromatic nitrogens is 1. The van der Waals surface area contributed by atoms with Gasteiger partial charge < -0.3 is 19.7 Å². The van der Waals surface area contributed by atoms with Crippen LogP contribution in [0.2, 0.25) is 0 Å². The van der Waals surface area contributed by atoms with Crippen LogP contribution in [-0.4, -0.2) is 62.9 Å². The van der Waals surface area contributed by atoms with Gasteiger partial charge in [-0.25, -0.2) is 23.8 Å². The van der Waals surface area contributed by atoms with E-state index in [1.165, 1.54) is 17.4 Å². The van der Waals surface area contributed by atoms with Crippen LogP contribution in [0.4, 0.5) is 9.18 Å². The summed E-state index contributed by atoms with van der Waals surface area (Å²) in [5.41, 5.74) is 0.561. The zero-order valence-electron chi connectivity index (χ0n) is 13.1. The highest BCUT2D eigenvalue weighted by atomic mass is 19.1. The Morgan fingerprint density at radius 3 is 3.00 bits per heavy atom. The summed E-state index contributed by atoms with van der Waals surface area (Å²) in [6.45, 7) is 1.78. The van der Waals surface area contributed by atoms with Crippen LogP contribution in [0.15, 0.2) is 28.5 Å². The largest absolute Gasteiger partial charge is 0.477 e. The van der Waals surface area contributed by atoms with Crippen molar-refractivity contribution in [2.45, 2.75) is 31.9 Å². The summed E-state index contributed by atoms with van der Waals surface area (Å²) >= 11 is 0. The number of oxazole rings is 1. The number of nitrogens with zero attached hydrogens (tertiary/aromatic N) is 3. The minimum absolute atomic E-state index is 0.0485. The molecule has 0 aromatic carbocycles. The Bertz CT molecular complexity index is 721. The van der Waals surface area contributed by atoms with E-state index < -0.39 is 36.3 Å². The molecule has 1 fully saturated rings. The number of amides is 3. The van der Waals surface area contributed by atoms with Gasteiger partial charge in [0.1, 0.15) is 12.3 Å². The lowest BCUT2D eigenvalue weighted by Crippen LogP contribution is -2.50. The summed E-state index contributed by atoms with van der Waals surface area (Å²) in [6, 6.07) is -2.35. The summed E-state index contributed by atoms with van der Waals surface area (Å²) in [5, 5.41) is 11.8. The average molecular weight is 354 g/mol. The van der Waals surface area contributed by atoms with Gasteiger partial charge in [0.15, 0.2) is 0 Å². The van der Waals surface area contributed by atoms with E-state index in [0.717, 1.165) is 0 Å². The van der Waals surface area contributed by atoms with E-state index in [2.05, 4.69) is 15.1 Å². The Kier molecular flexibility index (Phi) is 4.40. The number of halogens is 1. The van der Waals surface area contributed by atoms with E-state index in [0.29, 0.717) is 16.5 Å².